The summed E-state index contributed by atoms with van der Waals surface area (Å²) < 4.78 is 32.4. The number of ether oxygens (including phenoxy) is 1. The molecule has 2 aliphatic heterocycles. The minimum atomic E-state index is -3.65. The highest BCUT2D eigenvalue weighted by Crippen LogP contribution is 2.25. The van der Waals surface area contributed by atoms with Gasteiger partial charge in [0.15, 0.2) is 0 Å². The average Bonchev–Trinajstić information content (AvgIpc) is 3.19. The van der Waals surface area contributed by atoms with Crippen molar-refractivity contribution >= 4 is 21.9 Å². The number of carboxylic acid groups (broad SMARTS) is 1. The molecule has 2 aliphatic rings. The maximum atomic E-state index is 12.9. The molecule has 0 radical (unpaired) electrons. The molecule has 2 saturated heterocycles. The van der Waals surface area contributed by atoms with E-state index in [0.717, 1.165) is 19.3 Å². The van der Waals surface area contributed by atoms with E-state index in [4.69, 9.17) is 9.84 Å². The Morgan fingerprint density at radius 2 is 1.91 bits per heavy atom. The van der Waals surface area contributed by atoms with E-state index in [2.05, 4.69) is 0 Å². The maximum Gasteiger partial charge on any atom is 0.303 e. The molecular formula is C24H34N2O7S. The molecule has 34 heavy (non-hydrogen) atoms. The van der Waals surface area contributed by atoms with Gasteiger partial charge in [-0.2, -0.15) is 4.31 Å². The van der Waals surface area contributed by atoms with Crippen molar-refractivity contribution in [2.45, 2.75) is 62.0 Å². The summed E-state index contributed by atoms with van der Waals surface area (Å²) in [4.78, 5) is 24.8. The second kappa shape index (κ2) is 12.4. The van der Waals surface area contributed by atoms with Gasteiger partial charge in [0.2, 0.25) is 15.9 Å². The number of carbonyl (C=O) groups is 2. The van der Waals surface area contributed by atoms with Crippen molar-refractivity contribution in [3.05, 3.63) is 42.0 Å². The molecule has 2 atom stereocenters. The predicted molar refractivity (Wildman–Crippen MR) is 126 cm³/mol. The Hall–Kier alpha value is -2.27. The summed E-state index contributed by atoms with van der Waals surface area (Å²) in [7, 11) is -3.65. The van der Waals surface area contributed by atoms with Gasteiger partial charge in [-0.3, -0.25) is 9.59 Å². The molecule has 1 amide bonds. The van der Waals surface area contributed by atoms with Crippen LogP contribution in [0.15, 0.2) is 41.3 Å². The van der Waals surface area contributed by atoms with Crippen LogP contribution in [0.1, 0.15) is 56.6 Å². The Bertz CT molecular complexity index is 973. The quantitative estimate of drug-likeness (QED) is 0.337. The number of unbranched alkanes of at least 4 members (excludes halogenated alkanes) is 3. The number of morpholine rings is 1. The van der Waals surface area contributed by atoms with E-state index in [1.165, 1.54) is 16.4 Å². The third-order valence-corrected chi connectivity index (χ3v) is 8.13. The van der Waals surface area contributed by atoms with Crippen LogP contribution in [0.3, 0.4) is 0 Å². The fourth-order valence-electron chi connectivity index (χ4n) is 4.30. The monoisotopic (exact) mass is 494 g/mol. The molecule has 2 N–H and O–H groups in total. The molecule has 0 spiro atoms. The topological polar surface area (TPSA) is 124 Å². The van der Waals surface area contributed by atoms with Crippen molar-refractivity contribution in [1.29, 1.82) is 0 Å². The van der Waals surface area contributed by atoms with Gasteiger partial charge in [-0.25, -0.2) is 8.42 Å². The summed E-state index contributed by atoms with van der Waals surface area (Å²) in [5.41, 5.74) is 0.472. The Labute approximate surface area is 201 Å². The number of hydrogen-bond acceptors (Lipinski definition) is 6. The fourth-order valence-corrected chi connectivity index (χ4v) is 5.76. The van der Waals surface area contributed by atoms with Gasteiger partial charge < -0.3 is 19.8 Å². The number of likely N-dealkylation sites (tertiary alicyclic amines) is 1. The van der Waals surface area contributed by atoms with Gasteiger partial charge in [-0.05, 0) is 37.0 Å². The lowest BCUT2D eigenvalue weighted by atomic mass is 10.1. The number of hydrogen-bond donors (Lipinski definition) is 2. The first kappa shape index (κ1) is 26.3. The van der Waals surface area contributed by atoms with Crippen molar-refractivity contribution in [2.24, 2.45) is 0 Å². The van der Waals surface area contributed by atoms with Gasteiger partial charge in [0.1, 0.15) is 0 Å². The molecular weight excluding hydrogens is 460 g/mol. The number of sulfonamides is 1. The van der Waals surface area contributed by atoms with Crippen molar-refractivity contribution < 1.29 is 33.0 Å². The number of nitrogens with zero attached hydrogens (tertiary/aromatic N) is 2. The van der Waals surface area contributed by atoms with Crippen LogP contribution in [0.2, 0.25) is 0 Å². The smallest absolute Gasteiger partial charge is 0.303 e. The Balaban J connectivity index is 1.57. The molecule has 188 valence electrons. The van der Waals surface area contributed by atoms with Gasteiger partial charge >= 0.3 is 5.97 Å². The Morgan fingerprint density at radius 3 is 2.65 bits per heavy atom. The molecule has 3 rings (SSSR count). The molecule has 0 aliphatic carbocycles. The highest BCUT2D eigenvalue weighted by molar-refractivity contribution is 7.89. The van der Waals surface area contributed by atoms with Crippen LogP contribution in [-0.4, -0.2) is 78.6 Å². The second-order valence-electron chi connectivity index (χ2n) is 8.67. The minimum Gasteiger partial charge on any atom is -0.481 e. The molecule has 1 aromatic rings. The number of benzene rings is 1. The van der Waals surface area contributed by atoms with E-state index < -0.39 is 22.1 Å². The summed E-state index contributed by atoms with van der Waals surface area (Å²) in [5, 5.41) is 19.4. The van der Waals surface area contributed by atoms with Crippen LogP contribution in [0.5, 0.6) is 0 Å². The maximum absolute atomic E-state index is 12.9. The first-order chi connectivity index (χ1) is 16.3. The average molecular weight is 495 g/mol. The van der Waals surface area contributed by atoms with Gasteiger partial charge in [-0.1, -0.05) is 37.1 Å². The van der Waals surface area contributed by atoms with Crippen LogP contribution < -0.4 is 0 Å². The van der Waals surface area contributed by atoms with Gasteiger partial charge in [0.25, 0.3) is 0 Å². The van der Waals surface area contributed by atoms with Crippen LogP contribution in [-0.2, 0) is 24.3 Å². The van der Waals surface area contributed by atoms with Gasteiger partial charge in [0, 0.05) is 32.5 Å². The lowest BCUT2D eigenvalue weighted by Crippen LogP contribution is -2.40. The number of aliphatic hydroxyl groups excluding tert-OH is 1. The highest BCUT2D eigenvalue weighted by atomic mass is 32.2. The second-order valence-corrected chi connectivity index (χ2v) is 10.6. The third-order valence-electron chi connectivity index (χ3n) is 6.24. The van der Waals surface area contributed by atoms with E-state index in [9.17, 15) is 23.1 Å². The molecule has 2 heterocycles. The Kier molecular flexibility index (Phi) is 9.63. The SMILES string of the molecule is O=C(O)CCCCCCN1C(=O)CCC1C=CC(O)c1cccc(S(=O)(=O)N2CCOCC2)c1. The Morgan fingerprint density at radius 1 is 1.18 bits per heavy atom. The number of amides is 1. The van der Waals surface area contributed by atoms with E-state index in [1.807, 2.05) is 6.08 Å². The van der Waals surface area contributed by atoms with Crippen molar-refractivity contribution in [3.8, 4) is 0 Å². The van der Waals surface area contributed by atoms with E-state index in [0.29, 0.717) is 57.7 Å². The number of rotatable bonds is 12. The summed E-state index contributed by atoms with van der Waals surface area (Å²) in [5.74, 6) is -0.712. The molecule has 0 saturated carbocycles. The molecule has 0 bridgehead atoms. The van der Waals surface area contributed by atoms with Crippen molar-refractivity contribution in [3.63, 3.8) is 0 Å². The first-order valence-corrected chi connectivity index (χ1v) is 13.3. The number of carbonyl (C=O) groups excluding carboxylic acids is 1. The first-order valence-electron chi connectivity index (χ1n) is 11.8. The normalized spacial score (nSPS) is 20.8. The molecule has 0 aromatic heterocycles. The lowest BCUT2D eigenvalue weighted by molar-refractivity contribution is -0.137. The molecule has 2 unspecified atom stereocenters. The van der Waals surface area contributed by atoms with Crippen LogP contribution in [0.25, 0.3) is 0 Å². The van der Waals surface area contributed by atoms with E-state index in [1.54, 1.807) is 23.1 Å². The van der Waals surface area contributed by atoms with Crippen molar-refractivity contribution in [1.82, 2.24) is 9.21 Å². The summed E-state index contributed by atoms with van der Waals surface area (Å²) >= 11 is 0. The zero-order valence-corrected chi connectivity index (χ0v) is 20.2. The fraction of sp³-hybridized carbons (Fsp3) is 0.583. The standard InChI is InChI=1S/C24H34N2O7S/c27-22(19-6-5-7-21(18-19)34(31,32)25-14-16-33-17-15-25)11-9-20-10-12-23(28)26(20)13-4-2-1-3-8-24(29)30/h5-7,9,11,18,20,22,27H,1-4,8,10,12-17H2,(H,29,30). The predicted octanol–water partition coefficient (Wildman–Crippen LogP) is 2.32. The third kappa shape index (κ3) is 7.11. The zero-order valence-electron chi connectivity index (χ0n) is 19.3. The molecule has 2 fully saturated rings. The van der Waals surface area contributed by atoms with E-state index >= 15 is 0 Å². The highest BCUT2D eigenvalue weighted by Gasteiger charge is 2.29. The number of carboxylic acids is 1. The largest absolute Gasteiger partial charge is 0.481 e. The van der Waals surface area contributed by atoms with E-state index in [-0.39, 0.29) is 23.3 Å². The van der Waals surface area contributed by atoms with Crippen molar-refractivity contribution in [2.75, 3.05) is 32.8 Å². The zero-order chi connectivity index (χ0) is 24.6. The van der Waals surface area contributed by atoms with Crippen LogP contribution in [0.4, 0.5) is 0 Å². The summed E-state index contributed by atoms with van der Waals surface area (Å²) in [6, 6.07) is 6.21. The van der Waals surface area contributed by atoms with Gasteiger partial charge in [0.05, 0.1) is 30.3 Å². The molecule has 1 aromatic carbocycles. The molecule has 9 nitrogen and oxygen atoms in total. The lowest BCUT2D eigenvalue weighted by Gasteiger charge is -2.26. The number of aliphatic hydroxyl groups is 1. The van der Waals surface area contributed by atoms with Crippen LogP contribution in [0, 0.1) is 0 Å². The van der Waals surface area contributed by atoms with Crippen LogP contribution >= 0.6 is 0 Å². The number of aliphatic carboxylic acids is 1. The summed E-state index contributed by atoms with van der Waals surface area (Å²) in [6.45, 7) is 1.94. The minimum absolute atomic E-state index is 0.0771. The van der Waals surface area contributed by atoms with Gasteiger partial charge in [-0.15, -0.1) is 0 Å². The molecule has 10 heteroatoms. The summed E-state index contributed by atoms with van der Waals surface area (Å²) in [6.07, 6.45) is 6.86.